The number of carbonyl (C=O) groups is 2. The van der Waals surface area contributed by atoms with Crippen molar-refractivity contribution in [3.8, 4) is 0 Å². The van der Waals surface area contributed by atoms with Crippen LogP contribution in [0.5, 0.6) is 0 Å². The van der Waals surface area contributed by atoms with Gasteiger partial charge in [-0.05, 0) is 44.9 Å². The number of amidine groups is 1. The summed E-state index contributed by atoms with van der Waals surface area (Å²) in [4.78, 5) is 28.3. The second-order valence-corrected chi connectivity index (χ2v) is 7.40. The SMILES string of the molecule is CC.CC.CCOC(=O)CC(C)NC(=O)c1ccc(C2(C)CCSC(N)=N2)cc1. The van der Waals surface area contributed by atoms with Crippen molar-refractivity contribution in [1.29, 1.82) is 0 Å². The molecule has 1 aliphatic rings. The third-order valence-electron chi connectivity index (χ3n) is 4.12. The molecule has 1 amide bonds. The van der Waals surface area contributed by atoms with Gasteiger partial charge in [0, 0.05) is 17.4 Å². The number of nitrogens with two attached hydrogens (primary N) is 1. The number of nitrogens with one attached hydrogen (secondary N) is 1. The summed E-state index contributed by atoms with van der Waals surface area (Å²) in [5.41, 5.74) is 7.09. The molecular formula is C22H37N3O3S. The van der Waals surface area contributed by atoms with Crippen LogP contribution in [0.2, 0.25) is 0 Å². The van der Waals surface area contributed by atoms with Gasteiger partial charge in [-0.25, -0.2) is 0 Å². The molecule has 0 saturated heterocycles. The van der Waals surface area contributed by atoms with E-state index in [9.17, 15) is 9.59 Å². The van der Waals surface area contributed by atoms with Crippen molar-refractivity contribution in [2.45, 2.75) is 72.9 Å². The van der Waals surface area contributed by atoms with Crippen LogP contribution in [0, 0.1) is 0 Å². The van der Waals surface area contributed by atoms with E-state index in [0.717, 1.165) is 17.7 Å². The van der Waals surface area contributed by atoms with E-state index in [1.807, 2.05) is 39.8 Å². The monoisotopic (exact) mass is 423 g/mol. The molecule has 0 aliphatic carbocycles. The van der Waals surface area contributed by atoms with Crippen LogP contribution in [-0.4, -0.2) is 35.4 Å². The van der Waals surface area contributed by atoms with Gasteiger partial charge >= 0.3 is 5.97 Å². The Labute approximate surface area is 180 Å². The van der Waals surface area contributed by atoms with Gasteiger partial charge in [-0.1, -0.05) is 51.6 Å². The Morgan fingerprint density at radius 1 is 1.24 bits per heavy atom. The van der Waals surface area contributed by atoms with Crippen molar-refractivity contribution in [2.75, 3.05) is 12.4 Å². The molecule has 2 unspecified atom stereocenters. The summed E-state index contributed by atoms with van der Waals surface area (Å²) < 4.78 is 4.89. The summed E-state index contributed by atoms with van der Waals surface area (Å²) >= 11 is 1.56. The number of amides is 1. The molecule has 0 saturated carbocycles. The summed E-state index contributed by atoms with van der Waals surface area (Å²) in [7, 11) is 0. The Balaban J connectivity index is 0.00000184. The zero-order chi connectivity index (χ0) is 22.4. The first-order valence-corrected chi connectivity index (χ1v) is 11.4. The first kappa shape index (κ1) is 27.0. The van der Waals surface area contributed by atoms with Crippen molar-refractivity contribution in [1.82, 2.24) is 5.32 Å². The van der Waals surface area contributed by atoms with E-state index in [1.54, 1.807) is 37.7 Å². The average Bonchev–Trinajstić information content (AvgIpc) is 2.71. The summed E-state index contributed by atoms with van der Waals surface area (Å²) in [6.07, 6.45) is 1.06. The predicted molar refractivity (Wildman–Crippen MR) is 123 cm³/mol. The average molecular weight is 424 g/mol. The molecule has 6 nitrogen and oxygen atoms in total. The highest BCUT2D eigenvalue weighted by molar-refractivity contribution is 8.13. The Hall–Kier alpha value is -2.02. The Kier molecular flexibility index (Phi) is 13.1. The quantitative estimate of drug-likeness (QED) is 0.658. The molecule has 0 spiro atoms. The molecule has 1 aliphatic heterocycles. The van der Waals surface area contributed by atoms with E-state index in [0.29, 0.717) is 17.3 Å². The van der Waals surface area contributed by atoms with Crippen LogP contribution >= 0.6 is 11.8 Å². The van der Waals surface area contributed by atoms with Gasteiger partial charge in [-0.3, -0.25) is 14.6 Å². The van der Waals surface area contributed by atoms with E-state index in [4.69, 9.17) is 10.5 Å². The van der Waals surface area contributed by atoms with Gasteiger partial charge in [-0.2, -0.15) is 0 Å². The number of carbonyl (C=O) groups excluding carboxylic acids is 2. The van der Waals surface area contributed by atoms with E-state index in [-0.39, 0.29) is 29.9 Å². The molecular weight excluding hydrogens is 386 g/mol. The number of hydrogen-bond donors (Lipinski definition) is 2. The van der Waals surface area contributed by atoms with E-state index >= 15 is 0 Å². The summed E-state index contributed by atoms with van der Waals surface area (Å²) in [6, 6.07) is 7.10. The number of hydrogen-bond acceptors (Lipinski definition) is 6. The van der Waals surface area contributed by atoms with Crippen LogP contribution in [-0.2, 0) is 15.1 Å². The highest BCUT2D eigenvalue weighted by atomic mass is 32.2. The van der Waals surface area contributed by atoms with Crippen molar-refractivity contribution in [3.05, 3.63) is 35.4 Å². The standard InChI is InChI=1S/C18H25N3O3S.2C2H6/c1-4-24-15(22)11-12(2)20-16(23)13-5-7-14(8-6-13)18(3)9-10-25-17(19)21-18;2*1-2/h5-8,12H,4,9-11H2,1-3H3,(H2,19,21)(H,20,23);2*1-2H3. The second kappa shape index (κ2) is 14.0. The number of ether oxygens (including phenoxy) is 1. The molecule has 164 valence electrons. The van der Waals surface area contributed by atoms with Crippen LogP contribution in [0.3, 0.4) is 0 Å². The zero-order valence-corrected chi connectivity index (χ0v) is 19.7. The van der Waals surface area contributed by atoms with Gasteiger partial charge in [0.25, 0.3) is 5.91 Å². The van der Waals surface area contributed by atoms with Gasteiger partial charge in [0.15, 0.2) is 5.17 Å². The van der Waals surface area contributed by atoms with E-state index in [2.05, 4.69) is 17.2 Å². The van der Waals surface area contributed by atoms with Crippen LogP contribution in [0.25, 0.3) is 0 Å². The third-order valence-corrected chi connectivity index (χ3v) is 4.92. The molecule has 29 heavy (non-hydrogen) atoms. The van der Waals surface area contributed by atoms with E-state index < -0.39 is 0 Å². The topological polar surface area (TPSA) is 93.8 Å². The maximum absolute atomic E-state index is 12.3. The van der Waals surface area contributed by atoms with Gasteiger partial charge in [0.05, 0.1) is 18.6 Å². The van der Waals surface area contributed by atoms with Crippen molar-refractivity contribution in [3.63, 3.8) is 0 Å². The fourth-order valence-electron chi connectivity index (χ4n) is 2.70. The van der Waals surface area contributed by atoms with Crippen LogP contribution in [0.1, 0.15) is 77.2 Å². The maximum atomic E-state index is 12.3. The molecule has 0 radical (unpaired) electrons. The van der Waals surface area contributed by atoms with Crippen LogP contribution in [0.15, 0.2) is 29.3 Å². The lowest BCUT2D eigenvalue weighted by Gasteiger charge is -2.29. The Morgan fingerprint density at radius 3 is 2.34 bits per heavy atom. The van der Waals surface area contributed by atoms with Gasteiger partial charge < -0.3 is 15.8 Å². The lowest BCUT2D eigenvalue weighted by molar-refractivity contribution is -0.143. The molecule has 3 N–H and O–H groups in total. The lowest BCUT2D eigenvalue weighted by Crippen LogP contribution is -2.34. The smallest absolute Gasteiger partial charge is 0.307 e. The zero-order valence-electron chi connectivity index (χ0n) is 18.9. The minimum absolute atomic E-state index is 0.154. The number of aliphatic imine (C=N–C) groups is 1. The summed E-state index contributed by atoms with van der Waals surface area (Å²) in [5, 5.41) is 3.41. The lowest BCUT2D eigenvalue weighted by atomic mass is 9.89. The van der Waals surface area contributed by atoms with Crippen LogP contribution < -0.4 is 11.1 Å². The number of rotatable bonds is 6. The van der Waals surface area contributed by atoms with Gasteiger partial charge in [0.1, 0.15) is 0 Å². The molecule has 1 aromatic carbocycles. The van der Waals surface area contributed by atoms with Gasteiger partial charge in [0.2, 0.25) is 0 Å². The summed E-state index contributed by atoms with van der Waals surface area (Å²) in [6.45, 7) is 13.9. The first-order chi connectivity index (χ1) is 13.8. The van der Waals surface area contributed by atoms with Gasteiger partial charge in [-0.15, -0.1) is 0 Å². The molecule has 0 aromatic heterocycles. The minimum atomic E-state index is -0.346. The van der Waals surface area contributed by atoms with Crippen molar-refractivity contribution >= 4 is 28.8 Å². The highest BCUT2D eigenvalue weighted by Gasteiger charge is 2.29. The number of nitrogens with zero attached hydrogens (tertiary/aromatic N) is 1. The van der Waals surface area contributed by atoms with Crippen molar-refractivity contribution in [2.24, 2.45) is 10.7 Å². The molecule has 2 atom stereocenters. The minimum Gasteiger partial charge on any atom is -0.466 e. The predicted octanol–water partition coefficient (Wildman–Crippen LogP) is 4.48. The molecule has 1 aromatic rings. The molecule has 1 heterocycles. The molecule has 7 heteroatoms. The first-order valence-electron chi connectivity index (χ1n) is 10.4. The number of esters is 1. The maximum Gasteiger partial charge on any atom is 0.307 e. The highest BCUT2D eigenvalue weighted by Crippen LogP contribution is 2.34. The molecule has 0 bridgehead atoms. The largest absolute Gasteiger partial charge is 0.466 e. The molecule has 2 rings (SSSR count). The Morgan fingerprint density at radius 2 is 1.83 bits per heavy atom. The number of benzene rings is 1. The molecule has 0 fully saturated rings. The summed E-state index contributed by atoms with van der Waals surface area (Å²) in [5.74, 6) is 0.402. The van der Waals surface area contributed by atoms with Crippen LogP contribution in [0.4, 0.5) is 0 Å². The number of thioether (sulfide) groups is 1. The fourth-order valence-corrected chi connectivity index (χ4v) is 3.68. The normalized spacial score (nSPS) is 18.7. The Bertz CT molecular complexity index is 662. The second-order valence-electron chi connectivity index (χ2n) is 6.28. The fraction of sp³-hybridized carbons (Fsp3) is 0.591. The third kappa shape index (κ3) is 8.90. The van der Waals surface area contributed by atoms with E-state index in [1.165, 1.54) is 0 Å². The van der Waals surface area contributed by atoms with Crippen molar-refractivity contribution < 1.29 is 14.3 Å².